The van der Waals surface area contributed by atoms with Gasteiger partial charge in [-0.2, -0.15) is 15.8 Å². The highest BCUT2D eigenvalue weighted by Gasteiger charge is 2.23. The zero-order valence-electron chi connectivity index (χ0n) is 54.3. The molecule has 0 spiro atoms. The topological polar surface area (TPSA) is 459 Å². The van der Waals surface area contributed by atoms with E-state index in [0.29, 0.717) is 122 Å². The number of aromatic nitrogens is 15. The first-order valence-electron chi connectivity index (χ1n) is 30.5. The molecule has 101 heavy (non-hydrogen) atoms. The lowest BCUT2D eigenvalue weighted by Gasteiger charge is -2.17. The average Bonchev–Trinajstić information content (AvgIpc) is 1.80. The number of methoxy groups -OCH3 is 3. The minimum Gasteiger partial charge on any atom is -0.495 e. The van der Waals surface area contributed by atoms with Crippen molar-refractivity contribution in [2.75, 3.05) is 69.6 Å². The first-order valence-corrected chi connectivity index (χ1v) is 32.1. The molecule has 0 unspecified atom stereocenters. The summed E-state index contributed by atoms with van der Waals surface area (Å²) in [5.41, 5.74) is 35.1. The van der Waals surface area contributed by atoms with Gasteiger partial charge in [0.15, 0.2) is 0 Å². The molecule has 8 aromatic heterocycles. The molecule has 2 aliphatic heterocycles. The molecule has 2 aliphatic rings. The van der Waals surface area contributed by atoms with Crippen LogP contribution in [0.3, 0.4) is 0 Å². The van der Waals surface area contributed by atoms with Crippen molar-refractivity contribution in [3.63, 3.8) is 0 Å². The standard InChI is InChI=1S/C24H23N9O2.C20H15BrN8O.C14H10N4O.C6H5BrN4.C4H9NO/c1-35-23-15(11-25)4-2-6-18(23)19-10-20(29-24(26)28-19)21-14-33(31-30-21)12-16-5-3-7-22(27-16)32-9-8-17(34)13-32;1-30-19-12(9-22)4-2-6-14(19)15-8-16(26-20(23)25-15)17-11-29(28-27-17)10-13-5-3-7-18(21)24-13;1-3-10-7-12(18-14(16)17-10)11-6-4-5-9(8-15)13(11)19-2;7-6-3-1-2-5(10-6)4-9-11-8;6-4-1-2-5-3-4/h2-7,10,14,17,34H,8-9,12-13H2,1H3,(H2,26,28,29);2-8,11H,10H2,1H3,(H2,23,25,26);1,4-7H,2H3,(H2,16,17,18);1-3H,4H2;4-6H,1-3H2/t17-;;;;4-/m0...0/s1. The summed E-state index contributed by atoms with van der Waals surface area (Å²) in [4.78, 5) is 43.1. The van der Waals surface area contributed by atoms with Gasteiger partial charge in [-0.1, -0.05) is 57.9 Å². The third-order valence-corrected chi connectivity index (χ3v) is 15.5. The second-order valence-corrected chi connectivity index (χ2v) is 23.2. The van der Waals surface area contributed by atoms with Crippen molar-refractivity contribution in [2.45, 2.75) is 44.7 Å². The SMILES string of the molecule is C#Cc1cc(-c2cccc(C#N)c2OC)nc(N)n1.COc1c(C#N)cccc1-c1cc(-c2cn(Cc3cccc(Br)n3)nn2)nc(N)n1.COc1c(C#N)cccc1-c1cc(-c2cn(Cc3cccc(N4CC[C@H](O)C4)n3)nn2)nc(N)n1.O[C@H]1CCNC1.[N-]=[N+]=NCc1cccc(Br)n1. The first kappa shape index (κ1) is 72.7. The van der Waals surface area contributed by atoms with Gasteiger partial charge in [0.1, 0.15) is 67.6 Å². The van der Waals surface area contributed by atoms with E-state index in [4.69, 9.17) is 58.7 Å². The number of nitrogens with one attached hydrogen (secondary N) is 1. The Labute approximate surface area is 595 Å². The van der Waals surface area contributed by atoms with Crippen molar-refractivity contribution in [1.29, 1.82) is 15.8 Å². The monoisotopic (exact) mass is 1480 g/mol. The molecule has 2 fully saturated rings. The number of nitriles is 3. The molecule has 3 aromatic carbocycles. The number of benzene rings is 3. The summed E-state index contributed by atoms with van der Waals surface area (Å²) >= 11 is 6.57. The fourth-order valence-electron chi connectivity index (χ4n) is 10.1. The number of terminal acetylenes is 1. The van der Waals surface area contributed by atoms with Gasteiger partial charge in [0, 0.05) is 46.9 Å². The van der Waals surface area contributed by atoms with Gasteiger partial charge in [-0.3, -0.25) is 0 Å². The number of nitrogens with two attached hydrogens (primary N) is 3. The van der Waals surface area contributed by atoms with Crippen molar-refractivity contribution in [3.05, 3.63) is 199 Å². The number of aliphatic hydroxyl groups is 2. The molecule has 33 heteroatoms. The number of aliphatic hydroxyl groups excluding tert-OH is 2. The lowest BCUT2D eigenvalue weighted by atomic mass is 10.1. The maximum atomic E-state index is 9.81. The number of hydrogen-bond acceptors (Lipinski definition) is 27. The van der Waals surface area contributed by atoms with Gasteiger partial charge in [-0.15, -0.1) is 16.6 Å². The summed E-state index contributed by atoms with van der Waals surface area (Å²) in [6, 6.07) is 44.0. The summed E-state index contributed by atoms with van der Waals surface area (Å²) < 4.78 is 21.0. The molecule has 31 nitrogen and oxygen atoms in total. The molecule has 0 radical (unpaired) electrons. The highest BCUT2D eigenvalue weighted by atomic mass is 79.9. The molecule has 11 aromatic rings. The second-order valence-electron chi connectivity index (χ2n) is 21.5. The third kappa shape index (κ3) is 19.8. The van der Waals surface area contributed by atoms with E-state index < -0.39 is 0 Å². The third-order valence-electron chi connectivity index (χ3n) is 14.6. The van der Waals surface area contributed by atoms with Crippen LogP contribution >= 0.6 is 31.9 Å². The van der Waals surface area contributed by atoms with Crippen LogP contribution in [-0.4, -0.2) is 145 Å². The zero-order chi connectivity index (χ0) is 71.8. The first-order chi connectivity index (χ1) is 49.0. The molecule has 13 rings (SSSR count). The number of ether oxygens (including phenoxy) is 3. The number of halogens is 2. The highest BCUT2D eigenvalue weighted by Crippen LogP contribution is 2.36. The Morgan fingerprint density at radius 1 is 0.574 bits per heavy atom. The molecule has 0 aliphatic carbocycles. The Balaban J connectivity index is 0.000000162. The van der Waals surface area contributed by atoms with Crippen LogP contribution in [-0.2, 0) is 19.6 Å². The number of azide groups is 1. The van der Waals surface area contributed by atoms with Crippen LogP contribution in [0, 0.1) is 46.3 Å². The summed E-state index contributed by atoms with van der Waals surface area (Å²) in [5.74, 6) is 4.74. The van der Waals surface area contributed by atoms with E-state index in [0.717, 1.165) is 64.6 Å². The minimum atomic E-state index is -0.314. The Morgan fingerprint density at radius 2 is 1.02 bits per heavy atom. The van der Waals surface area contributed by atoms with Crippen molar-refractivity contribution in [1.82, 2.24) is 80.2 Å². The highest BCUT2D eigenvalue weighted by molar-refractivity contribution is 9.10. The smallest absolute Gasteiger partial charge is 0.221 e. The number of β-amino-alcohol motifs (C(OH)–C–C–N with tert-alkyl or cyclic N) is 2. The van der Waals surface area contributed by atoms with Crippen molar-refractivity contribution in [2.24, 2.45) is 5.11 Å². The fourth-order valence-corrected chi connectivity index (χ4v) is 10.9. The van der Waals surface area contributed by atoms with Crippen molar-refractivity contribution < 1.29 is 24.4 Å². The van der Waals surface area contributed by atoms with Crippen molar-refractivity contribution in [3.8, 4) is 104 Å². The minimum absolute atomic E-state index is 0.0648. The molecule has 2 atom stereocenters. The predicted octanol–water partition coefficient (Wildman–Crippen LogP) is 8.53. The van der Waals surface area contributed by atoms with Crippen LogP contribution in [0.1, 0.15) is 52.3 Å². The zero-order valence-corrected chi connectivity index (χ0v) is 57.5. The van der Waals surface area contributed by atoms with Crippen LogP contribution in [0.2, 0.25) is 0 Å². The molecule has 0 bridgehead atoms. The van der Waals surface area contributed by atoms with Gasteiger partial charge in [0.2, 0.25) is 17.8 Å². The quantitative estimate of drug-likeness (QED) is 0.0184. The Morgan fingerprint density at radius 3 is 1.44 bits per heavy atom. The number of nitrogen functional groups attached to an aromatic ring is 3. The van der Waals surface area contributed by atoms with E-state index in [1.165, 1.54) is 21.3 Å². The van der Waals surface area contributed by atoms with E-state index in [-0.39, 0.29) is 30.1 Å². The lowest BCUT2D eigenvalue weighted by Crippen LogP contribution is -2.22. The molecular weight excluding hydrogens is 1420 g/mol. The van der Waals surface area contributed by atoms with E-state index in [1.54, 1.807) is 101 Å². The molecule has 10 heterocycles. The number of anilines is 4. The molecular formula is C68H62Br2N26O5. The summed E-state index contributed by atoms with van der Waals surface area (Å²) in [7, 11) is 4.50. The van der Waals surface area contributed by atoms with E-state index in [1.807, 2.05) is 48.5 Å². The average molecular weight is 1480 g/mol. The number of para-hydroxylation sites is 3. The largest absolute Gasteiger partial charge is 0.495 e. The van der Waals surface area contributed by atoms with E-state index in [9.17, 15) is 15.6 Å². The number of rotatable bonds is 15. The maximum Gasteiger partial charge on any atom is 0.221 e. The van der Waals surface area contributed by atoms with Gasteiger partial charge in [-0.05, 0) is 148 Å². The van der Waals surface area contributed by atoms with E-state index >= 15 is 0 Å². The van der Waals surface area contributed by atoms with Gasteiger partial charge >= 0.3 is 0 Å². The molecule has 9 N–H and O–H groups in total. The second kappa shape index (κ2) is 35.6. The summed E-state index contributed by atoms with van der Waals surface area (Å²) in [6.45, 7) is 4.33. The normalized spacial score (nSPS) is 13.2. The molecule has 0 saturated carbocycles. The van der Waals surface area contributed by atoms with Crippen LogP contribution in [0.4, 0.5) is 23.7 Å². The Bertz CT molecular complexity index is 4940. The van der Waals surface area contributed by atoms with Crippen molar-refractivity contribution >= 4 is 55.5 Å². The summed E-state index contributed by atoms with van der Waals surface area (Å²) in [6.07, 6.45) is 10.1. The van der Waals surface area contributed by atoms with Gasteiger partial charge < -0.3 is 51.8 Å². The van der Waals surface area contributed by atoms with Gasteiger partial charge in [0.25, 0.3) is 0 Å². The summed E-state index contributed by atoms with van der Waals surface area (Å²) in [5, 5.41) is 69.5. The van der Waals surface area contributed by atoms with Crippen LogP contribution in [0.15, 0.2) is 154 Å². The molecule has 508 valence electrons. The van der Waals surface area contributed by atoms with Gasteiger partial charge in [-0.25, -0.2) is 54.2 Å². The van der Waals surface area contributed by atoms with Gasteiger partial charge in [0.05, 0.1) is 122 Å². The van der Waals surface area contributed by atoms with Crippen LogP contribution in [0.5, 0.6) is 17.2 Å². The number of hydrogen-bond donors (Lipinski definition) is 6. The van der Waals surface area contributed by atoms with Crippen LogP contribution < -0.4 is 41.6 Å². The van der Waals surface area contributed by atoms with Crippen LogP contribution in [0.25, 0.3) is 67.0 Å². The predicted molar refractivity (Wildman–Crippen MR) is 381 cm³/mol. The number of pyridine rings is 3. The molecule has 2 saturated heterocycles. The lowest BCUT2D eigenvalue weighted by molar-refractivity contribution is 0.196. The fraction of sp³-hybridized carbons (Fsp3) is 0.206. The van der Waals surface area contributed by atoms with E-state index in [2.05, 4.69) is 137 Å². The Kier molecular flexibility index (Phi) is 25.6. The maximum absolute atomic E-state index is 9.81. The molecule has 0 amide bonds. The Hall–Kier alpha value is -12.6. The number of nitrogens with zero attached hydrogens (tertiary/aromatic N) is 22.